The topological polar surface area (TPSA) is 47.0 Å². The first-order valence-corrected chi connectivity index (χ1v) is 11.3. The van der Waals surface area contributed by atoms with E-state index in [2.05, 4.69) is 15.9 Å². The number of halogens is 1. The molecule has 6 heteroatoms. The van der Waals surface area contributed by atoms with E-state index in [0.29, 0.717) is 6.54 Å². The minimum absolute atomic E-state index is 0.0233. The lowest BCUT2D eigenvalue weighted by Gasteiger charge is -2.37. The molecule has 0 saturated carbocycles. The zero-order valence-corrected chi connectivity index (χ0v) is 18.4. The number of hydrogen-bond donors (Lipinski definition) is 1. The number of amides is 1. The molecule has 166 valence electrons. The summed E-state index contributed by atoms with van der Waals surface area (Å²) in [5.41, 5.74) is 4.10. The molecule has 2 aliphatic rings. The zero-order chi connectivity index (χ0) is 22.0. The summed E-state index contributed by atoms with van der Waals surface area (Å²) in [6.45, 7) is 8.65. The van der Waals surface area contributed by atoms with Crippen LogP contribution in [0.3, 0.4) is 0 Å². The molecule has 0 aliphatic carbocycles. The first-order chi connectivity index (χ1) is 14.9. The molecule has 1 atom stereocenters. The van der Waals surface area contributed by atoms with E-state index in [9.17, 15) is 14.3 Å². The second-order valence-electron chi connectivity index (χ2n) is 8.92. The molecule has 31 heavy (non-hydrogen) atoms. The Morgan fingerprint density at radius 3 is 2.42 bits per heavy atom. The van der Waals surface area contributed by atoms with Crippen LogP contribution in [0.15, 0.2) is 42.5 Å². The molecule has 1 saturated heterocycles. The number of carbonyl (C=O) groups is 1. The van der Waals surface area contributed by atoms with Crippen molar-refractivity contribution in [3.05, 3.63) is 59.4 Å². The van der Waals surface area contributed by atoms with Gasteiger partial charge in [-0.3, -0.25) is 9.69 Å². The van der Waals surface area contributed by atoms with Crippen LogP contribution in [-0.2, 0) is 11.2 Å². The number of benzene rings is 2. The van der Waals surface area contributed by atoms with E-state index < -0.39 is 6.10 Å². The Hall–Kier alpha value is -2.44. The minimum atomic E-state index is -0.557. The molecule has 2 aromatic rings. The Kier molecular flexibility index (Phi) is 6.58. The number of aliphatic hydroxyl groups is 1. The third-order valence-electron chi connectivity index (χ3n) is 6.36. The summed E-state index contributed by atoms with van der Waals surface area (Å²) in [7, 11) is 0. The smallest absolute Gasteiger partial charge is 0.229 e. The summed E-state index contributed by atoms with van der Waals surface area (Å²) in [6.07, 6.45) is 1.34. The van der Waals surface area contributed by atoms with Crippen molar-refractivity contribution >= 4 is 17.3 Å². The molecule has 0 spiro atoms. The highest BCUT2D eigenvalue weighted by Crippen LogP contribution is 2.31. The van der Waals surface area contributed by atoms with Crippen LogP contribution >= 0.6 is 0 Å². The van der Waals surface area contributed by atoms with Gasteiger partial charge in [-0.15, -0.1) is 0 Å². The van der Waals surface area contributed by atoms with Gasteiger partial charge in [0.05, 0.1) is 6.10 Å². The quantitative estimate of drug-likeness (QED) is 0.795. The molecule has 1 N–H and O–H groups in total. The molecule has 4 rings (SSSR count). The molecule has 2 aliphatic heterocycles. The zero-order valence-electron chi connectivity index (χ0n) is 18.4. The molecule has 2 heterocycles. The van der Waals surface area contributed by atoms with Gasteiger partial charge in [0.25, 0.3) is 0 Å². The number of nitrogens with zero attached hydrogens (tertiary/aromatic N) is 3. The second kappa shape index (κ2) is 9.37. The van der Waals surface area contributed by atoms with Gasteiger partial charge < -0.3 is 14.9 Å². The van der Waals surface area contributed by atoms with Crippen molar-refractivity contribution in [1.82, 2.24) is 4.90 Å². The number of fused-ring (bicyclic) bond motifs is 1. The van der Waals surface area contributed by atoms with Gasteiger partial charge >= 0.3 is 0 Å². The fourth-order valence-electron chi connectivity index (χ4n) is 4.56. The number of hydrogen-bond acceptors (Lipinski definition) is 4. The predicted molar refractivity (Wildman–Crippen MR) is 122 cm³/mol. The van der Waals surface area contributed by atoms with Crippen molar-refractivity contribution in [1.29, 1.82) is 0 Å². The first-order valence-electron chi connectivity index (χ1n) is 11.3. The number of anilines is 2. The van der Waals surface area contributed by atoms with E-state index >= 15 is 0 Å². The van der Waals surface area contributed by atoms with E-state index in [1.165, 1.54) is 12.1 Å². The maximum absolute atomic E-state index is 13.1. The molecule has 5 nitrogen and oxygen atoms in total. The van der Waals surface area contributed by atoms with Crippen molar-refractivity contribution in [2.45, 2.75) is 32.8 Å². The van der Waals surface area contributed by atoms with E-state index in [4.69, 9.17) is 0 Å². The molecular formula is C25H32FN3O2. The molecule has 1 fully saturated rings. The Labute approximate surface area is 184 Å². The number of carbonyl (C=O) groups excluding carboxylic acids is 1. The first kappa shape index (κ1) is 21.8. The van der Waals surface area contributed by atoms with Crippen LogP contribution in [-0.4, -0.2) is 55.2 Å². The van der Waals surface area contributed by atoms with Crippen LogP contribution in [0.2, 0.25) is 0 Å². The lowest BCUT2D eigenvalue weighted by molar-refractivity contribution is -0.121. The summed E-state index contributed by atoms with van der Waals surface area (Å²) >= 11 is 0. The van der Waals surface area contributed by atoms with E-state index in [0.717, 1.165) is 68.1 Å². The van der Waals surface area contributed by atoms with E-state index in [1.54, 1.807) is 0 Å². The van der Waals surface area contributed by atoms with Crippen molar-refractivity contribution in [3.8, 4) is 0 Å². The lowest BCUT2D eigenvalue weighted by atomic mass is 9.96. The van der Waals surface area contributed by atoms with Crippen molar-refractivity contribution < 1.29 is 14.3 Å². The van der Waals surface area contributed by atoms with Gasteiger partial charge in [-0.25, -0.2) is 4.39 Å². The molecule has 0 aromatic heterocycles. The number of β-amino-alcohol motifs (C(OH)–C–C–N with tert-alkyl or cyclic N) is 1. The van der Waals surface area contributed by atoms with E-state index in [-0.39, 0.29) is 17.6 Å². The molecule has 2 aromatic carbocycles. The van der Waals surface area contributed by atoms with Crippen LogP contribution in [0.5, 0.6) is 0 Å². The number of aryl methyl sites for hydroxylation is 1. The number of rotatable bonds is 5. The second-order valence-corrected chi connectivity index (χ2v) is 8.92. The Bertz CT molecular complexity index is 907. The third-order valence-corrected chi connectivity index (χ3v) is 6.36. The lowest BCUT2D eigenvalue weighted by Crippen LogP contribution is -2.47. The average Bonchev–Trinajstić information content (AvgIpc) is 2.78. The number of aliphatic hydroxyl groups excluding tert-OH is 1. The number of piperazine rings is 1. The summed E-state index contributed by atoms with van der Waals surface area (Å²) in [4.78, 5) is 19.0. The van der Waals surface area contributed by atoms with Gasteiger partial charge in [-0.1, -0.05) is 26.0 Å². The van der Waals surface area contributed by atoms with Gasteiger partial charge in [-0.05, 0) is 54.3 Å². The fraction of sp³-hybridized carbons (Fsp3) is 0.480. The van der Waals surface area contributed by atoms with Crippen LogP contribution in [0, 0.1) is 11.7 Å². The molecule has 0 bridgehead atoms. The summed E-state index contributed by atoms with van der Waals surface area (Å²) < 4.78 is 13.1. The van der Waals surface area contributed by atoms with Crippen LogP contribution in [0.1, 0.15) is 37.5 Å². The summed E-state index contributed by atoms with van der Waals surface area (Å²) in [5.74, 6) is -0.0784. The SMILES string of the molecule is CC(C)C(=O)N1CCCc2cc([C@H](O)CN3CCN(c4ccc(F)cc4)CC3)ccc21. The van der Waals surface area contributed by atoms with Gasteiger partial charge in [0.15, 0.2) is 0 Å². The highest BCUT2D eigenvalue weighted by Gasteiger charge is 2.26. The summed E-state index contributed by atoms with van der Waals surface area (Å²) in [6, 6.07) is 12.7. The van der Waals surface area contributed by atoms with Gasteiger partial charge in [0, 0.05) is 56.6 Å². The Balaban J connectivity index is 1.37. The minimum Gasteiger partial charge on any atom is -0.387 e. The molecule has 0 unspecified atom stereocenters. The predicted octanol–water partition coefficient (Wildman–Crippen LogP) is 3.62. The van der Waals surface area contributed by atoms with E-state index in [1.807, 2.05) is 43.0 Å². The van der Waals surface area contributed by atoms with Gasteiger partial charge in [-0.2, -0.15) is 0 Å². The molecule has 0 radical (unpaired) electrons. The summed E-state index contributed by atoms with van der Waals surface area (Å²) in [5, 5.41) is 10.9. The highest BCUT2D eigenvalue weighted by molar-refractivity contribution is 5.95. The van der Waals surface area contributed by atoms with Crippen LogP contribution in [0.4, 0.5) is 15.8 Å². The molecular weight excluding hydrogens is 393 g/mol. The standard InChI is InChI=1S/C25H32FN3O2/c1-18(2)25(31)29-11-3-4-19-16-20(5-10-23(19)29)24(30)17-27-12-14-28(15-13-27)22-8-6-21(26)7-9-22/h5-10,16,18,24,30H,3-4,11-15,17H2,1-2H3/t24-/m1/s1. The van der Waals surface area contributed by atoms with Crippen LogP contribution < -0.4 is 9.80 Å². The van der Waals surface area contributed by atoms with Crippen molar-refractivity contribution in [2.75, 3.05) is 49.1 Å². The maximum Gasteiger partial charge on any atom is 0.229 e. The van der Waals surface area contributed by atoms with Crippen molar-refractivity contribution in [2.24, 2.45) is 5.92 Å². The van der Waals surface area contributed by atoms with Gasteiger partial charge in [0.2, 0.25) is 5.91 Å². The Morgan fingerprint density at radius 1 is 1.03 bits per heavy atom. The monoisotopic (exact) mass is 425 g/mol. The Morgan fingerprint density at radius 2 is 1.74 bits per heavy atom. The normalized spacial score (nSPS) is 18.2. The maximum atomic E-state index is 13.1. The molecule has 1 amide bonds. The van der Waals surface area contributed by atoms with Crippen molar-refractivity contribution in [3.63, 3.8) is 0 Å². The van der Waals surface area contributed by atoms with Gasteiger partial charge in [0.1, 0.15) is 5.82 Å². The largest absolute Gasteiger partial charge is 0.387 e. The highest BCUT2D eigenvalue weighted by atomic mass is 19.1. The fourth-order valence-corrected chi connectivity index (χ4v) is 4.56. The average molecular weight is 426 g/mol. The van der Waals surface area contributed by atoms with Crippen LogP contribution in [0.25, 0.3) is 0 Å². The third kappa shape index (κ3) is 4.91.